The third-order valence-electron chi connectivity index (χ3n) is 7.30. The normalized spacial score (nSPS) is 22.3. The topological polar surface area (TPSA) is 84.0 Å². The van der Waals surface area contributed by atoms with Gasteiger partial charge in [-0.05, 0) is 69.9 Å². The fourth-order valence-corrected chi connectivity index (χ4v) is 6.21. The van der Waals surface area contributed by atoms with Crippen molar-refractivity contribution in [3.8, 4) is 10.9 Å². The van der Waals surface area contributed by atoms with Gasteiger partial charge in [-0.15, -0.1) is 0 Å². The molecular formula is C28H32N4O4S. The lowest BCUT2D eigenvalue weighted by molar-refractivity contribution is -0.137. The molecule has 2 bridgehead atoms. The zero-order chi connectivity index (χ0) is 25.8. The van der Waals surface area contributed by atoms with Crippen LogP contribution in [-0.2, 0) is 16.1 Å². The number of nitrogens with one attached hydrogen (secondary N) is 1. The summed E-state index contributed by atoms with van der Waals surface area (Å²) < 4.78 is 12.5. The first-order valence-corrected chi connectivity index (χ1v) is 13.7. The second-order valence-electron chi connectivity index (χ2n) is 11.3. The first-order chi connectivity index (χ1) is 17.7. The molecule has 1 unspecified atom stereocenters. The quantitative estimate of drug-likeness (QED) is 0.496. The van der Waals surface area contributed by atoms with Gasteiger partial charge in [0.15, 0.2) is 0 Å². The van der Waals surface area contributed by atoms with E-state index in [1.165, 1.54) is 5.56 Å². The van der Waals surface area contributed by atoms with Crippen LogP contribution in [0.25, 0.3) is 10.2 Å². The Morgan fingerprint density at radius 1 is 1.08 bits per heavy atom. The van der Waals surface area contributed by atoms with Gasteiger partial charge in [0.05, 0.1) is 10.2 Å². The van der Waals surface area contributed by atoms with Gasteiger partial charge in [-0.1, -0.05) is 35.6 Å². The molecule has 0 radical (unpaired) electrons. The van der Waals surface area contributed by atoms with Crippen LogP contribution >= 0.6 is 11.3 Å². The number of thiazole rings is 1. The molecule has 2 atom stereocenters. The minimum atomic E-state index is -0.781. The lowest BCUT2D eigenvalue weighted by Crippen LogP contribution is -2.56. The van der Waals surface area contributed by atoms with E-state index in [0.717, 1.165) is 35.5 Å². The van der Waals surface area contributed by atoms with Crippen molar-refractivity contribution in [3.05, 3.63) is 54.1 Å². The minimum absolute atomic E-state index is 0.0434. The van der Waals surface area contributed by atoms with Crippen LogP contribution in [0, 0.1) is 0 Å². The maximum Gasteiger partial charge on any atom is 0.408 e. The monoisotopic (exact) mass is 520 g/mol. The smallest absolute Gasteiger partial charge is 0.408 e. The fraction of sp³-hybridized carbons (Fsp3) is 0.464. The minimum Gasteiger partial charge on any atom is -0.444 e. The number of rotatable bonds is 6. The zero-order valence-corrected chi connectivity index (χ0v) is 22.2. The van der Waals surface area contributed by atoms with Crippen molar-refractivity contribution in [2.45, 2.75) is 69.8 Å². The van der Waals surface area contributed by atoms with E-state index in [0.29, 0.717) is 30.6 Å². The number of fused-ring (bicyclic) bond motifs is 3. The molecule has 3 aromatic rings. The fourth-order valence-electron chi connectivity index (χ4n) is 5.38. The second kappa shape index (κ2) is 8.99. The van der Waals surface area contributed by atoms with Gasteiger partial charge in [-0.2, -0.15) is 0 Å². The molecule has 1 N–H and O–H groups in total. The van der Waals surface area contributed by atoms with Gasteiger partial charge < -0.3 is 19.7 Å². The van der Waals surface area contributed by atoms with E-state index in [1.807, 2.05) is 62.1 Å². The third kappa shape index (κ3) is 5.02. The number of hydrogen-bond donors (Lipinski definition) is 1. The van der Waals surface area contributed by atoms with Gasteiger partial charge in [0, 0.05) is 31.7 Å². The number of piperazine rings is 1. The number of nitrogens with zero attached hydrogens (tertiary/aromatic N) is 3. The molecular weight excluding hydrogens is 488 g/mol. The predicted molar refractivity (Wildman–Crippen MR) is 142 cm³/mol. The molecule has 6 rings (SSSR count). The molecule has 1 saturated carbocycles. The molecule has 2 saturated heterocycles. The van der Waals surface area contributed by atoms with Crippen molar-refractivity contribution in [2.75, 3.05) is 13.1 Å². The van der Waals surface area contributed by atoms with Gasteiger partial charge in [0.1, 0.15) is 16.9 Å². The van der Waals surface area contributed by atoms with Gasteiger partial charge >= 0.3 is 6.09 Å². The van der Waals surface area contributed by atoms with Crippen LogP contribution in [0.2, 0.25) is 0 Å². The van der Waals surface area contributed by atoms with Crippen molar-refractivity contribution in [3.63, 3.8) is 0 Å². The molecule has 37 heavy (non-hydrogen) atoms. The van der Waals surface area contributed by atoms with E-state index in [9.17, 15) is 9.59 Å². The third-order valence-corrected chi connectivity index (χ3v) is 8.22. The van der Waals surface area contributed by atoms with Crippen molar-refractivity contribution in [1.29, 1.82) is 0 Å². The average molecular weight is 521 g/mol. The predicted octanol–water partition coefficient (Wildman–Crippen LogP) is 4.93. The molecule has 2 aromatic carbocycles. The molecule has 1 aliphatic carbocycles. The molecule has 3 heterocycles. The first kappa shape index (κ1) is 24.2. The second-order valence-corrected chi connectivity index (χ2v) is 12.3. The number of carbonyl (C=O) groups excluding carboxylic acids is 2. The lowest BCUT2D eigenvalue weighted by Gasteiger charge is -2.36. The number of alkyl carbamates (subject to hydrolysis) is 1. The average Bonchev–Trinajstić information content (AvgIpc) is 3.16. The highest BCUT2D eigenvalue weighted by atomic mass is 32.1. The van der Waals surface area contributed by atoms with Gasteiger partial charge in [-0.3, -0.25) is 9.69 Å². The summed E-state index contributed by atoms with van der Waals surface area (Å²) in [6.45, 7) is 7.87. The van der Waals surface area contributed by atoms with E-state index in [-0.39, 0.29) is 11.9 Å². The largest absolute Gasteiger partial charge is 0.444 e. The van der Waals surface area contributed by atoms with Gasteiger partial charge in [0.25, 0.3) is 5.19 Å². The number of likely N-dealkylation sites (tertiary alicyclic amines) is 2. The maximum atomic E-state index is 13.3. The van der Waals surface area contributed by atoms with Crippen LogP contribution in [0.15, 0.2) is 48.5 Å². The zero-order valence-electron chi connectivity index (χ0n) is 21.4. The van der Waals surface area contributed by atoms with Crippen molar-refractivity contribution >= 4 is 33.6 Å². The summed E-state index contributed by atoms with van der Waals surface area (Å²) in [6.07, 6.45) is 1.81. The first-order valence-electron chi connectivity index (χ1n) is 12.9. The Morgan fingerprint density at radius 3 is 2.49 bits per heavy atom. The summed E-state index contributed by atoms with van der Waals surface area (Å²) in [5.41, 5.74) is 0.795. The number of benzene rings is 2. The number of ether oxygens (including phenoxy) is 2. The molecule has 8 nitrogen and oxygen atoms in total. The molecule has 3 aliphatic rings. The van der Waals surface area contributed by atoms with Crippen LogP contribution in [0.5, 0.6) is 10.9 Å². The summed E-state index contributed by atoms with van der Waals surface area (Å²) in [6, 6.07) is 16.7. The van der Waals surface area contributed by atoms with Crippen LogP contribution < -0.4 is 10.1 Å². The molecule has 1 aromatic heterocycles. The highest BCUT2D eigenvalue weighted by Crippen LogP contribution is 2.42. The number of para-hydroxylation sites is 1. The highest BCUT2D eigenvalue weighted by molar-refractivity contribution is 7.20. The molecule has 194 valence electrons. The Bertz CT molecular complexity index is 1290. The van der Waals surface area contributed by atoms with E-state index in [4.69, 9.17) is 9.47 Å². The number of amides is 2. The maximum absolute atomic E-state index is 13.3. The molecule has 3 fully saturated rings. The SMILES string of the molecule is CC(C)(C)OC(=O)NC1(C(=O)N2CC3C[C@H]2CN3Cc2ccc(Oc3nc4ccccc4s3)cc2)CC1. The standard InChI is InChI=1S/C28H32N4O4S/c1-27(2,3)36-25(34)30-28(12-13-28)24(33)32-17-19-14-20(32)16-31(19)15-18-8-10-21(11-9-18)35-26-29-22-6-4-5-7-23(22)37-26/h4-11,19-20H,12-17H2,1-3H3,(H,30,34)/t19?,20-/m0/s1. The Morgan fingerprint density at radius 2 is 1.84 bits per heavy atom. The van der Waals surface area contributed by atoms with E-state index < -0.39 is 17.2 Å². The van der Waals surface area contributed by atoms with Crippen LogP contribution in [0.4, 0.5) is 4.79 Å². The van der Waals surface area contributed by atoms with Crippen LogP contribution in [0.1, 0.15) is 45.6 Å². The van der Waals surface area contributed by atoms with Gasteiger partial charge in [-0.25, -0.2) is 9.78 Å². The number of aromatic nitrogens is 1. The summed E-state index contributed by atoms with van der Waals surface area (Å²) in [5, 5.41) is 3.50. The Hall–Kier alpha value is -3.17. The van der Waals surface area contributed by atoms with Crippen molar-refractivity contribution < 1.29 is 19.1 Å². The van der Waals surface area contributed by atoms with Gasteiger partial charge in [0.2, 0.25) is 5.91 Å². The highest BCUT2D eigenvalue weighted by Gasteiger charge is 2.57. The summed E-state index contributed by atoms with van der Waals surface area (Å²) in [5.74, 6) is 0.816. The lowest BCUT2D eigenvalue weighted by atomic mass is 10.1. The molecule has 0 spiro atoms. The van der Waals surface area contributed by atoms with Crippen molar-refractivity contribution in [2.24, 2.45) is 0 Å². The number of hydrogen-bond acceptors (Lipinski definition) is 7. The van der Waals surface area contributed by atoms with Crippen LogP contribution in [0.3, 0.4) is 0 Å². The Balaban J connectivity index is 1.03. The Kier molecular flexibility index (Phi) is 5.88. The molecule has 2 aliphatic heterocycles. The molecule has 9 heteroatoms. The van der Waals surface area contributed by atoms with E-state index in [1.54, 1.807) is 11.3 Å². The Labute approximate surface area is 220 Å². The van der Waals surface area contributed by atoms with E-state index in [2.05, 4.69) is 27.3 Å². The van der Waals surface area contributed by atoms with Crippen molar-refractivity contribution in [1.82, 2.24) is 20.1 Å². The van der Waals surface area contributed by atoms with Crippen LogP contribution in [-0.4, -0.2) is 63.1 Å². The molecule has 2 amide bonds. The summed E-state index contributed by atoms with van der Waals surface area (Å²) >= 11 is 1.54. The van der Waals surface area contributed by atoms with E-state index >= 15 is 0 Å². The number of carbonyl (C=O) groups is 2. The summed E-state index contributed by atoms with van der Waals surface area (Å²) in [7, 11) is 0. The summed E-state index contributed by atoms with van der Waals surface area (Å²) in [4.78, 5) is 34.6.